The van der Waals surface area contributed by atoms with Crippen LogP contribution in [-0.4, -0.2) is 28.2 Å². The van der Waals surface area contributed by atoms with Gasteiger partial charge >= 0.3 is 0 Å². The normalized spacial score (nSPS) is 17.0. The van der Waals surface area contributed by atoms with Gasteiger partial charge in [-0.15, -0.1) is 11.3 Å². The van der Waals surface area contributed by atoms with E-state index in [1.807, 2.05) is 49.6 Å². The van der Waals surface area contributed by atoms with Crippen molar-refractivity contribution in [1.82, 2.24) is 15.2 Å². The summed E-state index contributed by atoms with van der Waals surface area (Å²) in [6, 6.07) is 8.86. The molecule has 1 N–H and O–H groups in total. The maximum absolute atomic E-state index is 13.2. The lowest BCUT2D eigenvalue weighted by Gasteiger charge is -2.34. The molecule has 1 saturated heterocycles. The Morgan fingerprint density at radius 1 is 1.31 bits per heavy atom. The molecule has 5 nitrogen and oxygen atoms in total. The fourth-order valence-electron chi connectivity index (χ4n) is 3.33. The van der Waals surface area contributed by atoms with Crippen molar-refractivity contribution in [2.45, 2.75) is 51.6 Å². The second-order valence-corrected chi connectivity index (χ2v) is 7.54. The number of hydrogen-bond donors (Lipinski definition) is 1. The smallest absolute Gasteiger partial charge is 0.248 e. The minimum absolute atomic E-state index is 0.0541. The number of amides is 2. The molecule has 2 aromatic rings. The molecule has 1 aliphatic rings. The molecule has 2 heterocycles. The molecule has 1 aromatic carbocycles. The summed E-state index contributed by atoms with van der Waals surface area (Å²) < 4.78 is 0. The van der Waals surface area contributed by atoms with Crippen LogP contribution in [0.15, 0.2) is 35.7 Å². The lowest BCUT2D eigenvalue weighted by atomic mass is 10.00. The molecular formula is C20H25N3O2S. The summed E-state index contributed by atoms with van der Waals surface area (Å²) in [6.45, 7) is 4.61. The van der Waals surface area contributed by atoms with Gasteiger partial charge in [0.2, 0.25) is 11.8 Å². The predicted octanol–water partition coefficient (Wildman–Crippen LogP) is 3.77. The van der Waals surface area contributed by atoms with E-state index in [4.69, 9.17) is 0 Å². The van der Waals surface area contributed by atoms with Crippen molar-refractivity contribution in [3.63, 3.8) is 0 Å². The predicted molar refractivity (Wildman–Crippen MR) is 103 cm³/mol. The van der Waals surface area contributed by atoms with Crippen LogP contribution >= 0.6 is 11.3 Å². The molecule has 0 radical (unpaired) electrons. The number of nitrogens with zero attached hydrogens (tertiary/aromatic N) is 2. The number of aryl methyl sites for hydroxylation is 1. The number of hydrogen-bond acceptors (Lipinski definition) is 4. The van der Waals surface area contributed by atoms with Crippen molar-refractivity contribution in [3.8, 4) is 0 Å². The van der Waals surface area contributed by atoms with Crippen LogP contribution in [-0.2, 0) is 9.59 Å². The van der Waals surface area contributed by atoms with Gasteiger partial charge in [0.05, 0.1) is 6.04 Å². The highest BCUT2D eigenvalue weighted by Gasteiger charge is 2.33. The van der Waals surface area contributed by atoms with Gasteiger partial charge in [-0.2, -0.15) is 0 Å². The molecule has 0 aliphatic carbocycles. The third kappa shape index (κ3) is 4.12. The van der Waals surface area contributed by atoms with E-state index in [2.05, 4.69) is 10.3 Å². The first-order chi connectivity index (χ1) is 12.6. The fourth-order valence-corrected chi connectivity index (χ4v) is 4.26. The lowest BCUT2D eigenvalue weighted by molar-refractivity contribution is -0.143. The molecule has 2 amide bonds. The molecule has 1 aliphatic heterocycles. The van der Waals surface area contributed by atoms with Crippen molar-refractivity contribution < 1.29 is 9.59 Å². The fraction of sp³-hybridized carbons (Fsp3) is 0.450. The van der Waals surface area contributed by atoms with E-state index in [9.17, 15) is 9.59 Å². The number of carbonyl (C=O) groups excluding carboxylic acids is 2. The highest BCUT2D eigenvalue weighted by atomic mass is 32.1. The van der Waals surface area contributed by atoms with E-state index in [1.54, 1.807) is 16.2 Å². The highest BCUT2D eigenvalue weighted by Crippen LogP contribution is 2.28. The number of likely N-dealkylation sites (tertiary alicyclic amines) is 1. The Kier molecular flexibility index (Phi) is 6.04. The zero-order valence-corrected chi connectivity index (χ0v) is 16.1. The maximum Gasteiger partial charge on any atom is 0.248 e. The van der Waals surface area contributed by atoms with Gasteiger partial charge in [-0.3, -0.25) is 9.59 Å². The van der Waals surface area contributed by atoms with Crippen LogP contribution in [0.1, 0.15) is 61.0 Å². The first-order valence-corrected chi connectivity index (χ1v) is 10.0. The van der Waals surface area contributed by atoms with Crippen molar-refractivity contribution in [3.05, 3.63) is 52.0 Å². The van der Waals surface area contributed by atoms with Crippen LogP contribution in [0.2, 0.25) is 0 Å². The number of benzene rings is 1. The van der Waals surface area contributed by atoms with Crippen LogP contribution in [0.5, 0.6) is 0 Å². The van der Waals surface area contributed by atoms with Gasteiger partial charge in [-0.25, -0.2) is 4.98 Å². The number of aromatic nitrogens is 1. The van der Waals surface area contributed by atoms with Crippen LogP contribution in [0, 0.1) is 6.92 Å². The number of nitrogens with one attached hydrogen (secondary N) is 1. The summed E-state index contributed by atoms with van der Waals surface area (Å²) in [4.78, 5) is 31.9. The maximum atomic E-state index is 13.2. The molecule has 0 saturated carbocycles. The number of rotatable bonds is 6. The molecule has 1 aromatic heterocycles. The third-order valence-electron chi connectivity index (χ3n) is 4.69. The Morgan fingerprint density at radius 2 is 2.08 bits per heavy atom. The monoisotopic (exact) mass is 371 g/mol. The molecule has 138 valence electrons. The number of piperidine rings is 1. The average molecular weight is 372 g/mol. The van der Waals surface area contributed by atoms with E-state index in [0.29, 0.717) is 13.0 Å². The average Bonchev–Trinajstić information content (AvgIpc) is 3.08. The van der Waals surface area contributed by atoms with Crippen LogP contribution in [0.25, 0.3) is 0 Å². The first-order valence-electron chi connectivity index (χ1n) is 9.17. The second kappa shape index (κ2) is 8.45. The van der Waals surface area contributed by atoms with Crippen molar-refractivity contribution >= 4 is 23.2 Å². The van der Waals surface area contributed by atoms with Gasteiger partial charge in [0.1, 0.15) is 11.0 Å². The Morgan fingerprint density at radius 3 is 2.69 bits per heavy atom. The molecule has 2 atom stereocenters. The Labute approximate surface area is 158 Å². The molecule has 0 spiro atoms. The third-order valence-corrected chi connectivity index (χ3v) is 5.77. The minimum atomic E-state index is -0.584. The zero-order valence-electron chi connectivity index (χ0n) is 15.3. The Bertz CT molecular complexity index is 759. The molecule has 3 rings (SSSR count). The van der Waals surface area contributed by atoms with E-state index in [1.165, 1.54) is 0 Å². The molecule has 6 heteroatoms. The van der Waals surface area contributed by atoms with Crippen molar-refractivity contribution in [2.24, 2.45) is 0 Å². The van der Waals surface area contributed by atoms with E-state index in [-0.39, 0.29) is 17.9 Å². The van der Waals surface area contributed by atoms with E-state index < -0.39 is 6.04 Å². The van der Waals surface area contributed by atoms with Crippen LogP contribution in [0.3, 0.4) is 0 Å². The van der Waals surface area contributed by atoms with Gasteiger partial charge in [-0.1, -0.05) is 37.3 Å². The summed E-state index contributed by atoms with van der Waals surface area (Å²) in [5.41, 5.74) is 1.81. The van der Waals surface area contributed by atoms with Gasteiger partial charge < -0.3 is 10.2 Å². The van der Waals surface area contributed by atoms with E-state index >= 15 is 0 Å². The zero-order chi connectivity index (χ0) is 18.5. The van der Waals surface area contributed by atoms with E-state index in [0.717, 1.165) is 35.5 Å². The quantitative estimate of drug-likeness (QED) is 0.841. The van der Waals surface area contributed by atoms with Gasteiger partial charge in [-0.05, 0) is 31.7 Å². The van der Waals surface area contributed by atoms with Crippen molar-refractivity contribution in [2.75, 3.05) is 6.54 Å². The van der Waals surface area contributed by atoms with Crippen molar-refractivity contribution in [1.29, 1.82) is 0 Å². The number of thiazole rings is 1. The summed E-state index contributed by atoms with van der Waals surface area (Å²) in [5, 5.41) is 6.03. The van der Waals surface area contributed by atoms with Crippen LogP contribution in [0.4, 0.5) is 0 Å². The highest BCUT2D eigenvalue weighted by molar-refractivity contribution is 7.09. The molecular weight excluding hydrogens is 346 g/mol. The molecule has 1 fully saturated rings. The Balaban J connectivity index is 1.85. The number of carbonyl (C=O) groups is 2. The standard InChI is InChI=1S/C20H25N3O2S/c1-3-16(20-21-14(2)13-26-20)22-19(25)18(15-9-5-4-6-10-15)23-12-8-7-11-17(23)24/h4-6,9-10,13,16,18H,3,7-8,11-12H2,1-2H3,(H,22,25)/t16-,18-/m1/s1. The molecule has 0 unspecified atom stereocenters. The largest absolute Gasteiger partial charge is 0.345 e. The molecule has 0 bridgehead atoms. The minimum Gasteiger partial charge on any atom is -0.345 e. The second-order valence-electron chi connectivity index (χ2n) is 6.65. The summed E-state index contributed by atoms with van der Waals surface area (Å²) >= 11 is 1.56. The summed E-state index contributed by atoms with van der Waals surface area (Å²) in [7, 11) is 0. The van der Waals surface area contributed by atoms with Gasteiger partial charge in [0.15, 0.2) is 0 Å². The SMILES string of the molecule is CC[C@@H](NC(=O)[C@@H](c1ccccc1)N1CCCCC1=O)c1nc(C)cs1. The molecule has 26 heavy (non-hydrogen) atoms. The topological polar surface area (TPSA) is 62.3 Å². The summed E-state index contributed by atoms with van der Waals surface area (Å²) in [6.07, 6.45) is 3.10. The van der Waals surface area contributed by atoms with Gasteiger partial charge in [0, 0.05) is 24.0 Å². The Hall–Kier alpha value is -2.21. The summed E-state index contributed by atoms with van der Waals surface area (Å²) in [5.74, 6) is -0.0791. The van der Waals surface area contributed by atoms with Crippen LogP contribution < -0.4 is 5.32 Å². The first kappa shape index (κ1) is 18.6. The lowest BCUT2D eigenvalue weighted by Crippen LogP contribution is -2.46. The van der Waals surface area contributed by atoms with Gasteiger partial charge in [0.25, 0.3) is 0 Å².